The average Bonchev–Trinajstić information content (AvgIpc) is 3.22. The number of methoxy groups -OCH3 is 1. The second-order valence-electron chi connectivity index (χ2n) is 7.11. The highest BCUT2D eigenvalue weighted by molar-refractivity contribution is 5.69. The second-order valence-corrected chi connectivity index (χ2v) is 7.11. The van der Waals surface area contributed by atoms with E-state index in [4.69, 9.17) is 14.0 Å². The summed E-state index contributed by atoms with van der Waals surface area (Å²) in [4.78, 5) is 18.4. The molecular formula is C18H22FN3O4. The molecule has 3 rings (SSSR count). The van der Waals surface area contributed by atoms with Gasteiger partial charge in [-0.15, -0.1) is 0 Å². The van der Waals surface area contributed by atoms with Crippen molar-refractivity contribution in [2.24, 2.45) is 0 Å². The highest BCUT2D eigenvalue weighted by Crippen LogP contribution is 2.35. The molecule has 0 N–H and O–H groups in total. The molecule has 0 bridgehead atoms. The van der Waals surface area contributed by atoms with Gasteiger partial charge < -0.3 is 14.0 Å². The summed E-state index contributed by atoms with van der Waals surface area (Å²) >= 11 is 0. The lowest BCUT2D eigenvalue weighted by Crippen LogP contribution is -2.36. The summed E-state index contributed by atoms with van der Waals surface area (Å²) in [7, 11) is 1.38. The maximum absolute atomic E-state index is 13.9. The molecule has 1 amide bonds. The summed E-state index contributed by atoms with van der Waals surface area (Å²) in [5.74, 6) is 0.0428. The number of para-hydroxylation sites is 1. The van der Waals surface area contributed by atoms with Gasteiger partial charge in [0, 0.05) is 6.54 Å². The van der Waals surface area contributed by atoms with Crippen LogP contribution in [-0.2, 0) is 4.74 Å². The molecule has 0 aliphatic carbocycles. The maximum Gasteiger partial charge on any atom is 0.410 e. The molecule has 0 spiro atoms. The third-order valence-corrected chi connectivity index (χ3v) is 4.02. The first-order valence-electron chi connectivity index (χ1n) is 8.46. The van der Waals surface area contributed by atoms with Gasteiger partial charge in [0.05, 0.1) is 18.7 Å². The first-order chi connectivity index (χ1) is 12.3. The second kappa shape index (κ2) is 6.93. The van der Waals surface area contributed by atoms with E-state index in [1.165, 1.54) is 13.2 Å². The number of hydrogen-bond donors (Lipinski definition) is 0. The van der Waals surface area contributed by atoms with Crippen LogP contribution in [-0.4, -0.2) is 40.4 Å². The Labute approximate surface area is 151 Å². The summed E-state index contributed by atoms with van der Waals surface area (Å²) in [5.41, 5.74) is -0.213. The maximum atomic E-state index is 13.9. The average molecular weight is 363 g/mol. The Morgan fingerprint density at radius 3 is 2.85 bits per heavy atom. The number of rotatable bonds is 3. The first-order valence-corrected chi connectivity index (χ1v) is 8.46. The van der Waals surface area contributed by atoms with Crippen molar-refractivity contribution in [3.05, 3.63) is 29.8 Å². The van der Waals surface area contributed by atoms with Gasteiger partial charge in [-0.25, -0.2) is 9.18 Å². The minimum Gasteiger partial charge on any atom is -0.493 e. The van der Waals surface area contributed by atoms with Crippen LogP contribution in [0.25, 0.3) is 11.5 Å². The molecule has 2 aromatic rings. The van der Waals surface area contributed by atoms with E-state index >= 15 is 0 Å². The largest absolute Gasteiger partial charge is 0.493 e. The SMILES string of the molecule is COc1c(F)cccc1-c1nc([C@@H]2CCCN2C(=O)OC(C)(C)C)no1. The smallest absolute Gasteiger partial charge is 0.410 e. The third-order valence-electron chi connectivity index (χ3n) is 4.02. The standard InChI is InChI=1S/C18H22FN3O4/c1-18(2,3)25-17(23)22-10-6-9-13(22)15-20-16(26-21-15)11-7-5-8-12(19)14(11)24-4/h5,7-8,13H,6,9-10H2,1-4H3/t13-/m0/s1. The van der Waals surface area contributed by atoms with Gasteiger partial charge in [0.1, 0.15) is 5.60 Å². The van der Waals surface area contributed by atoms with E-state index in [1.54, 1.807) is 17.0 Å². The lowest BCUT2D eigenvalue weighted by Gasteiger charge is -2.27. The summed E-state index contributed by atoms with van der Waals surface area (Å²) < 4.78 is 29.7. The molecule has 1 aliphatic heterocycles. The van der Waals surface area contributed by atoms with Crippen molar-refractivity contribution in [3.8, 4) is 17.2 Å². The molecule has 1 aliphatic rings. The van der Waals surface area contributed by atoms with Gasteiger partial charge in [0.25, 0.3) is 5.89 Å². The Morgan fingerprint density at radius 2 is 2.15 bits per heavy atom. The zero-order valence-corrected chi connectivity index (χ0v) is 15.3. The van der Waals surface area contributed by atoms with Crippen LogP contribution in [0.15, 0.2) is 22.7 Å². The number of hydrogen-bond acceptors (Lipinski definition) is 6. The third kappa shape index (κ3) is 3.63. The molecule has 7 nitrogen and oxygen atoms in total. The fourth-order valence-corrected chi connectivity index (χ4v) is 2.94. The van der Waals surface area contributed by atoms with Crippen LogP contribution in [0.5, 0.6) is 5.75 Å². The van der Waals surface area contributed by atoms with Crippen molar-refractivity contribution < 1.29 is 23.2 Å². The van der Waals surface area contributed by atoms with E-state index in [0.717, 1.165) is 6.42 Å². The Hall–Kier alpha value is -2.64. The number of halogens is 1. The molecule has 140 valence electrons. The topological polar surface area (TPSA) is 77.7 Å². The van der Waals surface area contributed by atoms with Crippen molar-refractivity contribution in [1.82, 2.24) is 15.0 Å². The molecule has 1 aromatic carbocycles. The number of carbonyl (C=O) groups excluding carboxylic acids is 1. The number of ether oxygens (including phenoxy) is 2. The molecule has 1 aromatic heterocycles. The molecule has 26 heavy (non-hydrogen) atoms. The zero-order valence-electron chi connectivity index (χ0n) is 15.3. The van der Waals surface area contributed by atoms with E-state index in [2.05, 4.69) is 10.1 Å². The van der Waals surface area contributed by atoms with Crippen molar-refractivity contribution in [2.75, 3.05) is 13.7 Å². The quantitative estimate of drug-likeness (QED) is 0.821. The van der Waals surface area contributed by atoms with Gasteiger partial charge in [0.15, 0.2) is 17.4 Å². The number of carbonyl (C=O) groups is 1. The van der Waals surface area contributed by atoms with Crippen LogP contribution in [0.2, 0.25) is 0 Å². The number of amides is 1. The fourth-order valence-electron chi connectivity index (χ4n) is 2.94. The van der Waals surface area contributed by atoms with Crippen molar-refractivity contribution in [1.29, 1.82) is 0 Å². The summed E-state index contributed by atoms with van der Waals surface area (Å²) in [6, 6.07) is 4.14. The van der Waals surface area contributed by atoms with E-state index in [0.29, 0.717) is 24.4 Å². The molecular weight excluding hydrogens is 341 g/mol. The number of aromatic nitrogens is 2. The normalized spacial score (nSPS) is 17.4. The molecule has 0 radical (unpaired) electrons. The van der Waals surface area contributed by atoms with Crippen LogP contribution in [0.1, 0.15) is 45.5 Å². The Kier molecular flexibility index (Phi) is 4.84. The van der Waals surface area contributed by atoms with E-state index in [9.17, 15) is 9.18 Å². The molecule has 0 saturated carbocycles. The Balaban J connectivity index is 1.85. The minimum absolute atomic E-state index is 0.0399. The molecule has 1 fully saturated rings. The van der Waals surface area contributed by atoms with Crippen molar-refractivity contribution in [2.45, 2.75) is 45.3 Å². The predicted octanol–water partition coefficient (Wildman–Crippen LogP) is 3.96. The van der Waals surface area contributed by atoms with E-state index in [-0.39, 0.29) is 17.7 Å². The lowest BCUT2D eigenvalue weighted by molar-refractivity contribution is 0.0217. The predicted molar refractivity (Wildman–Crippen MR) is 91.2 cm³/mol. The van der Waals surface area contributed by atoms with Crippen LogP contribution >= 0.6 is 0 Å². The number of nitrogens with zero attached hydrogens (tertiary/aromatic N) is 3. The summed E-state index contributed by atoms with van der Waals surface area (Å²) in [6.07, 6.45) is 1.12. The van der Waals surface area contributed by atoms with Gasteiger partial charge in [-0.05, 0) is 45.7 Å². The van der Waals surface area contributed by atoms with Crippen LogP contribution < -0.4 is 4.74 Å². The lowest BCUT2D eigenvalue weighted by atomic mass is 10.2. The summed E-state index contributed by atoms with van der Waals surface area (Å²) in [5, 5.41) is 4.00. The van der Waals surface area contributed by atoms with Crippen molar-refractivity contribution >= 4 is 6.09 Å². The van der Waals surface area contributed by atoms with E-state index in [1.807, 2.05) is 20.8 Å². The Morgan fingerprint density at radius 1 is 1.38 bits per heavy atom. The van der Waals surface area contributed by atoms with Crippen LogP contribution in [0.3, 0.4) is 0 Å². The van der Waals surface area contributed by atoms with E-state index < -0.39 is 17.5 Å². The fraction of sp³-hybridized carbons (Fsp3) is 0.500. The van der Waals surface area contributed by atoms with Gasteiger partial charge in [-0.1, -0.05) is 11.2 Å². The molecule has 0 unspecified atom stereocenters. The van der Waals surface area contributed by atoms with Gasteiger partial charge >= 0.3 is 6.09 Å². The zero-order chi connectivity index (χ0) is 18.9. The first kappa shape index (κ1) is 18.2. The summed E-state index contributed by atoms with van der Waals surface area (Å²) in [6.45, 7) is 6.02. The van der Waals surface area contributed by atoms with Gasteiger partial charge in [0.2, 0.25) is 0 Å². The molecule has 8 heteroatoms. The van der Waals surface area contributed by atoms with Gasteiger partial charge in [-0.2, -0.15) is 4.98 Å². The van der Waals surface area contributed by atoms with Crippen molar-refractivity contribution in [3.63, 3.8) is 0 Å². The Bertz CT molecular complexity index is 800. The number of likely N-dealkylation sites (tertiary alicyclic amines) is 1. The van der Waals surface area contributed by atoms with Crippen LogP contribution in [0, 0.1) is 5.82 Å². The number of benzene rings is 1. The highest BCUT2D eigenvalue weighted by atomic mass is 19.1. The monoisotopic (exact) mass is 363 g/mol. The van der Waals surface area contributed by atoms with Gasteiger partial charge in [-0.3, -0.25) is 4.90 Å². The molecule has 1 atom stereocenters. The highest BCUT2D eigenvalue weighted by Gasteiger charge is 2.36. The van der Waals surface area contributed by atoms with Crippen LogP contribution in [0.4, 0.5) is 9.18 Å². The minimum atomic E-state index is -0.582. The molecule has 2 heterocycles. The molecule has 1 saturated heterocycles.